The number of anilines is 1. The van der Waals surface area contributed by atoms with E-state index >= 15 is 0 Å². The standard InChI is InChI=1S/C34H25FN2O4/c1-41-27-16-15-22(19-25(27)35)30(38)28-29(31(39)21-10-3-2-4-11-21)37-18-17-20-9-5-6-12-23(20)32(37)34(28)24-13-7-8-14-26(24)36-33(34)40/h2-19,28-29,32H,1H3,(H,36,40)/t28-,29+,32+,34-/m0/s1. The summed E-state index contributed by atoms with van der Waals surface area (Å²) in [7, 11) is 1.35. The number of ketones is 2. The molecule has 4 aromatic rings. The molecule has 1 saturated heterocycles. The van der Waals surface area contributed by atoms with Crippen molar-refractivity contribution in [2.45, 2.75) is 17.5 Å². The Kier molecular flexibility index (Phi) is 5.64. The number of nitrogens with zero attached hydrogens (tertiary/aromatic N) is 1. The van der Waals surface area contributed by atoms with E-state index in [0.29, 0.717) is 16.8 Å². The molecule has 3 aliphatic rings. The van der Waals surface area contributed by atoms with E-state index in [1.165, 1.54) is 19.2 Å². The highest BCUT2D eigenvalue weighted by atomic mass is 19.1. The first kappa shape index (κ1) is 25.0. The first-order valence-electron chi connectivity index (χ1n) is 13.4. The lowest BCUT2D eigenvalue weighted by Crippen LogP contribution is -2.49. The molecule has 0 saturated carbocycles. The first-order chi connectivity index (χ1) is 20.0. The molecule has 3 aliphatic heterocycles. The van der Waals surface area contributed by atoms with Gasteiger partial charge in [-0.05, 0) is 47.0 Å². The second-order valence-electron chi connectivity index (χ2n) is 10.5. The highest BCUT2D eigenvalue weighted by Crippen LogP contribution is 2.62. The zero-order valence-electron chi connectivity index (χ0n) is 22.1. The van der Waals surface area contributed by atoms with Crippen molar-refractivity contribution in [3.05, 3.63) is 137 Å². The molecule has 0 aromatic heterocycles. The Bertz CT molecular complexity index is 1770. The van der Waals surface area contributed by atoms with Crippen LogP contribution in [0.3, 0.4) is 0 Å². The SMILES string of the molecule is COc1ccc(C(=O)[C@@H]2[C@H](C(=O)c3ccccc3)N3C=Cc4ccccc4[C@@H]3[C@@]23C(=O)Nc2ccccc23)cc1F. The number of hydrogen-bond donors (Lipinski definition) is 1. The number of methoxy groups -OCH3 is 1. The van der Waals surface area contributed by atoms with E-state index in [4.69, 9.17) is 4.74 Å². The third kappa shape index (κ3) is 3.45. The molecule has 202 valence electrons. The number of benzene rings is 4. The van der Waals surface area contributed by atoms with Gasteiger partial charge < -0.3 is 15.0 Å². The van der Waals surface area contributed by atoms with Crippen LogP contribution in [0.25, 0.3) is 6.08 Å². The van der Waals surface area contributed by atoms with Gasteiger partial charge in [-0.3, -0.25) is 14.4 Å². The smallest absolute Gasteiger partial charge is 0.238 e. The van der Waals surface area contributed by atoms with Gasteiger partial charge in [0.15, 0.2) is 23.1 Å². The van der Waals surface area contributed by atoms with Crippen molar-refractivity contribution in [3.63, 3.8) is 0 Å². The second-order valence-corrected chi connectivity index (χ2v) is 10.5. The maximum absolute atomic E-state index is 15.0. The normalized spacial score (nSPS) is 23.5. The van der Waals surface area contributed by atoms with Gasteiger partial charge in [-0.2, -0.15) is 0 Å². The van der Waals surface area contributed by atoms with Crippen LogP contribution in [-0.2, 0) is 10.2 Å². The summed E-state index contributed by atoms with van der Waals surface area (Å²) < 4.78 is 20.0. The Balaban J connectivity index is 1.53. The second kappa shape index (κ2) is 9.27. The molecule has 3 heterocycles. The van der Waals surface area contributed by atoms with Crippen molar-refractivity contribution in [1.29, 1.82) is 0 Å². The number of halogens is 1. The minimum atomic E-state index is -1.47. The number of Topliss-reactive ketones (excluding diaryl/α,β-unsaturated/α-hetero) is 2. The van der Waals surface area contributed by atoms with Gasteiger partial charge in [-0.1, -0.05) is 72.8 Å². The quantitative estimate of drug-likeness (QED) is 0.321. The van der Waals surface area contributed by atoms with E-state index in [1.54, 1.807) is 30.3 Å². The number of carbonyl (C=O) groups is 3. The van der Waals surface area contributed by atoms with Gasteiger partial charge in [0.05, 0.1) is 19.1 Å². The van der Waals surface area contributed by atoms with Crippen LogP contribution in [0.5, 0.6) is 5.75 Å². The van der Waals surface area contributed by atoms with Crippen molar-refractivity contribution in [2.24, 2.45) is 5.92 Å². The Morgan fingerprint density at radius 2 is 1.61 bits per heavy atom. The molecule has 0 aliphatic carbocycles. The molecular formula is C34H25FN2O4. The zero-order chi connectivity index (χ0) is 28.3. The highest BCUT2D eigenvalue weighted by molar-refractivity contribution is 6.16. The maximum Gasteiger partial charge on any atom is 0.238 e. The van der Waals surface area contributed by atoms with Crippen LogP contribution in [-0.4, -0.2) is 35.5 Å². The average Bonchev–Trinajstić information content (AvgIpc) is 3.49. The lowest BCUT2D eigenvalue weighted by molar-refractivity contribution is -0.122. The Hall–Kier alpha value is -5.04. The molecule has 6 nitrogen and oxygen atoms in total. The molecule has 1 amide bonds. The van der Waals surface area contributed by atoms with Gasteiger partial charge in [0.1, 0.15) is 11.5 Å². The van der Waals surface area contributed by atoms with E-state index in [9.17, 15) is 18.8 Å². The fourth-order valence-corrected chi connectivity index (χ4v) is 6.94. The number of para-hydroxylation sites is 1. The van der Waals surface area contributed by atoms with Gasteiger partial charge >= 0.3 is 0 Å². The Morgan fingerprint density at radius 3 is 2.39 bits per heavy atom. The molecule has 4 aromatic carbocycles. The molecule has 7 heteroatoms. The fourth-order valence-electron chi connectivity index (χ4n) is 6.94. The molecule has 7 rings (SSSR count). The Labute approximate surface area is 236 Å². The summed E-state index contributed by atoms with van der Waals surface area (Å²) in [5.41, 5.74) is 1.99. The third-order valence-corrected chi connectivity index (χ3v) is 8.62. The van der Waals surface area contributed by atoms with Gasteiger partial charge in [0.2, 0.25) is 5.91 Å². The molecule has 41 heavy (non-hydrogen) atoms. The fraction of sp³-hybridized carbons (Fsp3) is 0.147. The van der Waals surface area contributed by atoms with E-state index < -0.39 is 35.0 Å². The number of hydrogen-bond acceptors (Lipinski definition) is 5. The third-order valence-electron chi connectivity index (χ3n) is 8.62. The highest BCUT2D eigenvalue weighted by Gasteiger charge is 2.70. The molecule has 0 unspecified atom stereocenters. The lowest BCUT2D eigenvalue weighted by atomic mass is 9.62. The minimum Gasteiger partial charge on any atom is -0.494 e. The van der Waals surface area contributed by atoms with Crippen LogP contribution in [0.4, 0.5) is 10.1 Å². The predicted molar refractivity (Wildman–Crippen MR) is 152 cm³/mol. The van der Waals surface area contributed by atoms with Crippen molar-refractivity contribution in [3.8, 4) is 5.75 Å². The summed E-state index contributed by atoms with van der Waals surface area (Å²) in [4.78, 5) is 45.4. The van der Waals surface area contributed by atoms with E-state index in [1.807, 2.05) is 65.7 Å². The van der Waals surface area contributed by atoms with Crippen LogP contribution < -0.4 is 10.1 Å². The lowest BCUT2D eigenvalue weighted by Gasteiger charge is -2.38. The van der Waals surface area contributed by atoms with Gasteiger partial charge in [0.25, 0.3) is 0 Å². The number of rotatable bonds is 5. The van der Waals surface area contributed by atoms with E-state index in [0.717, 1.165) is 17.2 Å². The Morgan fingerprint density at radius 1 is 0.878 bits per heavy atom. The predicted octanol–water partition coefficient (Wildman–Crippen LogP) is 5.82. The van der Waals surface area contributed by atoms with E-state index in [2.05, 4.69) is 5.32 Å². The van der Waals surface area contributed by atoms with Gasteiger partial charge in [-0.25, -0.2) is 4.39 Å². The van der Waals surface area contributed by atoms with Gasteiger partial charge in [-0.15, -0.1) is 0 Å². The molecule has 1 fully saturated rings. The maximum atomic E-state index is 15.0. The van der Waals surface area contributed by atoms with Crippen LogP contribution in [0.15, 0.2) is 103 Å². The number of carbonyl (C=O) groups excluding carboxylic acids is 3. The van der Waals surface area contributed by atoms with Crippen LogP contribution in [0.2, 0.25) is 0 Å². The summed E-state index contributed by atoms with van der Waals surface area (Å²) >= 11 is 0. The molecule has 0 radical (unpaired) electrons. The monoisotopic (exact) mass is 544 g/mol. The summed E-state index contributed by atoms with van der Waals surface area (Å²) in [5, 5.41) is 3.01. The summed E-state index contributed by atoms with van der Waals surface area (Å²) in [6.07, 6.45) is 3.72. The largest absolute Gasteiger partial charge is 0.494 e. The van der Waals surface area contributed by atoms with Crippen molar-refractivity contribution in [2.75, 3.05) is 12.4 Å². The summed E-state index contributed by atoms with van der Waals surface area (Å²) in [6, 6.07) is 26.1. The number of nitrogens with one attached hydrogen (secondary N) is 1. The van der Waals surface area contributed by atoms with Crippen molar-refractivity contribution in [1.82, 2.24) is 4.90 Å². The minimum absolute atomic E-state index is 0.00201. The number of amides is 1. The summed E-state index contributed by atoms with van der Waals surface area (Å²) in [6.45, 7) is 0. The molecular weight excluding hydrogens is 519 g/mol. The van der Waals surface area contributed by atoms with Crippen molar-refractivity contribution >= 4 is 29.2 Å². The van der Waals surface area contributed by atoms with E-state index in [-0.39, 0.29) is 23.0 Å². The number of ether oxygens (including phenoxy) is 1. The average molecular weight is 545 g/mol. The molecule has 1 spiro atoms. The molecule has 0 bridgehead atoms. The van der Waals surface area contributed by atoms with Crippen LogP contribution in [0.1, 0.15) is 43.4 Å². The van der Waals surface area contributed by atoms with Gasteiger partial charge in [0, 0.05) is 23.0 Å². The molecule has 1 N–H and O–H groups in total. The molecule has 4 atom stereocenters. The number of fused-ring (bicyclic) bond motifs is 6. The topological polar surface area (TPSA) is 75.7 Å². The summed E-state index contributed by atoms with van der Waals surface area (Å²) in [5.74, 6) is -3.02. The van der Waals surface area contributed by atoms with Crippen LogP contribution in [0, 0.1) is 11.7 Å². The first-order valence-corrected chi connectivity index (χ1v) is 13.4. The van der Waals surface area contributed by atoms with Crippen molar-refractivity contribution < 1.29 is 23.5 Å². The zero-order valence-corrected chi connectivity index (χ0v) is 22.1. The van der Waals surface area contributed by atoms with Crippen LogP contribution >= 0.6 is 0 Å².